The van der Waals surface area contributed by atoms with E-state index in [9.17, 15) is 0 Å². The summed E-state index contributed by atoms with van der Waals surface area (Å²) in [7, 11) is 0. The molecule has 0 heteroatoms. The van der Waals surface area contributed by atoms with Gasteiger partial charge in [0.05, 0.1) is 0 Å². The first-order valence-electron chi connectivity index (χ1n) is 5.70. The van der Waals surface area contributed by atoms with Gasteiger partial charge in [-0.25, -0.2) is 0 Å². The molecule has 13 heavy (non-hydrogen) atoms. The lowest BCUT2D eigenvalue weighted by Gasteiger charge is -2.05. The molecular weight excluding hydrogens is 156 g/mol. The Labute approximate surface area is 82.7 Å². The Bertz CT molecular complexity index is 176. The molecule has 1 fully saturated rings. The Hall–Kier alpha value is -0.520. The van der Waals surface area contributed by atoms with Crippen LogP contribution in [0.2, 0.25) is 0 Å². The quantitative estimate of drug-likeness (QED) is 0.430. The highest BCUT2D eigenvalue weighted by atomic mass is 14.2. The predicted octanol–water partition coefficient (Wildman–Crippen LogP) is 4.48. The zero-order valence-electron chi connectivity index (χ0n) is 8.89. The van der Waals surface area contributed by atoms with Crippen molar-refractivity contribution in [1.29, 1.82) is 0 Å². The van der Waals surface area contributed by atoms with Crippen molar-refractivity contribution in [1.82, 2.24) is 0 Å². The fourth-order valence-electron chi connectivity index (χ4n) is 2.10. The van der Waals surface area contributed by atoms with Crippen molar-refractivity contribution < 1.29 is 0 Å². The van der Waals surface area contributed by atoms with E-state index in [1.807, 2.05) is 0 Å². The minimum atomic E-state index is 0.710. The third kappa shape index (κ3) is 3.38. The summed E-state index contributed by atoms with van der Waals surface area (Å²) in [6.45, 7) is 6.16. The zero-order chi connectivity index (χ0) is 9.52. The number of unbranched alkanes of at least 4 members (excludes halogenated alkanes) is 3. The van der Waals surface area contributed by atoms with Gasteiger partial charge in [0, 0.05) is 0 Å². The molecule has 0 aromatic rings. The van der Waals surface area contributed by atoms with Crippen molar-refractivity contribution in [3.8, 4) is 0 Å². The van der Waals surface area contributed by atoms with Gasteiger partial charge in [0.15, 0.2) is 0 Å². The average Bonchev–Trinajstić information content (AvgIpc) is 2.60. The molecule has 0 saturated heterocycles. The monoisotopic (exact) mass is 178 g/mol. The number of hydrogen-bond donors (Lipinski definition) is 0. The normalized spacial score (nSPS) is 25.3. The fourth-order valence-corrected chi connectivity index (χ4v) is 2.10. The van der Waals surface area contributed by atoms with Crippen molar-refractivity contribution >= 4 is 0 Å². The van der Waals surface area contributed by atoms with Crippen LogP contribution in [0.5, 0.6) is 0 Å². The van der Waals surface area contributed by atoms with Gasteiger partial charge < -0.3 is 0 Å². The zero-order valence-corrected chi connectivity index (χ0v) is 8.89. The molecule has 0 amide bonds. The second-order valence-electron chi connectivity index (χ2n) is 4.01. The highest BCUT2D eigenvalue weighted by molar-refractivity contribution is 5.16. The van der Waals surface area contributed by atoms with Crippen LogP contribution in [-0.2, 0) is 0 Å². The molecule has 74 valence electrons. The van der Waals surface area contributed by atoms with E-state index in [4.69, 9.17) is 0 Å². The summed E-state index contributed by atoms with van der Waals surface area (Å²) in [5, 5.41) is 0. The largest absolute Gasteiger partial charge is 0.102 e. The van der Waals surface area contributed by atoms with Crippen molar-refractivity contribution in [3.63, 3.8) is 0 Å². The van der Waals surface area contributed by atoms with Crippen LogP contribution >= 0.6 is 0 Å². The van der Waals surface area contributed by atoms with Gasteiger partial charge in [0.25, 0.3) is 0 Å². The smallest absolute Gasteiger partial charge is 0.00259 e. The topological polar surface area (TPSA) is 0 Å². The van der Waals surface area contributed by atoms with E-state index in [-0.39, 0.29) is 0 Å². The molecule has 1 aliphatic carbocycles. The first kappa shape index (κ1) is 10.6. The first-order chi connectivity index (χ1) is 6.38. The molecular formula is C13H22. The van der Waals surface area contributed by atoms with Gasteiger partial charge in [-0.3, -0.25) is 0 Å². The van der Waals surface area contributed by atoms with Crippen molar-refractivity contribution in [2.45, 2.75) is 51.9 Å². The van der Waals surface area contributed by atoms with Gasteiger partial charge in [-0.2, -0.15) is 0 Å². The van der Waals surface area contributed by atoms with Crippen molar-refractivity contribution in [2.75, 3.05) is 0 Å². The lowest BCUT2D eigenvalue weighted by Crippen LogP contribution is -1.90. The van der Waals surface area contributed by atoms with Crippen LogP contribution < -0.4 is 0 Å². The lowest BCUT2D eigenvalue weighted by atomic mass is 10.0. The van der Waals surface area contributed by atoms with Crippen LogP contribution in [0.3, 0.4) is 0 Å². The Morgan fingerprint density at radius 3 is 3.00 bits per heavy atom. The second kappa shape index (κ2) is 6.01. The summed E-state index contributed by atoms with van der Waals surface area (Å²) in [5.74, 6) is 0.710. The van der Waals surface area contributed by atoms with Crippen LogP contribution in [0, 0.1) is 5.92 Å². The third-order valence-electron chi connectivity index (χ3n) is 2.96. The van der Waals surface area contributed by atoms with Gasteiger partial charge in [0.1, 0.15) is 0 Å². The van der Waals surface area contributed by atoms with Gasteiger partial charge >= 0.3 is 0 Å². The SMILES string of the molecule is C=CC1CCC/C1=C\CCCCC. The van der Waals surface area contributed by atoms with E-state index in [0.717, 1.165) is 0 Å². The van der Waals surface area contributed by atoms with E-state index in [0.29, 0.717) is 5.92 Å². The van der Waals surface area contributed by atoms with Crippen LogP contribution in [-0.4, -0.2) is 0 Å². The fraction of sp³-hybridized carbons (Fsp3) is 0.692. The highest BCUT2D eigenvalue weighted by Gasteiger charge is 2.16. The molecule has 0 nitrogen and oxygen atoms in total. The molecule has 0 aromatic heterocycles. The van der Waals surface area contributed by atoms with Crippen molar-refractivity contribution in [2.24, 2.45) is 5.92 Å². The number of rotatable bonds is 5. The summed E-state index contributed by atoms with van der Waals surface area (Å²) in [5.41, 5.74) is 1.66. The molecule has 1 atom stereocenters. The van der Waals surface area contributed by atoms with E-state index >= 15 is 0 Å². The van der Waals surface area contributed by atoms with Gasteiger partial charge in [-0.05, 0) is 38.0 Å². The predicted molar refractivity (Wildman–Crippen MR) is 59.8 cm³/mol. The first-order valence-corrected chi connectivity index (χ1v) is 5.70. The minimum Gasteiger partial charge on any atom is -0.102 e. The maximum absolute atomic E-state index is 3.90. The molecule has 0 N–H and O–H groups in total. The van der Waals surface area contributed by atoms with Gasteiger partial charge in [-0.15, -0.1) is 6.58 Å². The summed E-state index contributed by atoms with van der Waals surface area (Å²) in [6, 6.07) is 0. The van der Waals surface area contributed by atoms with Gasteiger partial charge in [0.2, 0.25) is 0 Å². The summed E-state index contributed by atoms with van der Waals surface area (Å²) < 4.78 is 0. The Morgan fingerprint density at radius 2 is 2.31 bits per heavy atom. The Morgan fingerprint density at radius 1 is 1.46 bits per heavy atom. The molecule has 0 radical (unpaired) electrons. The van der Waals surface area contributed by atoms with Crippen LogP contribution in [0.4, 0.5) is 0 Å². The standard InChI is InChI=1S/C13H22/c1-3-5-6-7-9-13-11-8-10-12(13)4-2/h4,9,12H,2-3,5-8,10-11H2,1H3/b13-9+. The third-order valence-corrected chi connectivity index (χ3v) is 2.96. The molecule has 1 saturated carbocycles. The van der Waals surface area contributed by atoms with Gasteiger partial charge in [-0.1, -0.05) is 37.5 Å². The summed E-state index contributed by atoms with van der Waals surface area (Å²) >= 11 is 0. The minimum absolute atomic E-state index is 0.710. The van der Waals surface area contributed by atoms with E-state index in [1.54, 1.807) is 5.57 Å². The maximum atomic E-state index is 3.90. The average molecular weight is 178 g/mol. The Kier molecular flexibility index (Phi) is 4.88. The van der Waals surface area contributed by atoms with Crippen LogP contribution in [0.15, 0.2) is 24.3 Å². The maximum Gasteiger partial charge on any atom is -0.00259 e. The highest BCUT2D eigenvalue weighted by Crippen LogP contribution is 2.32. The summed E-state index contributed by atoms with van der Waals surface area (Å²) in [6.07, 6.45) is 14.0. The van der Waals surface area contributed by atoms with Crippen LogP contribution in [0.1, 0.15) is 51.9 Å². The van der Waals surface area contributed by atoms with E-state index in [1.165, 1.54) is 44.9 Å². The van der Waals surface area contributed by atoms with Crippen molar-refractivity contribution in [3.05, 3.63) is 24.3 Å². The van der Waals surface area contributed by atoms with Crippen LogP contribution in [0.25, 0.3) is 0 Å². The molecule has 1 rings (SSSR count). The molecule has 0 bridgehead atoms. The number of hydrogen-bond acceptors (Lipinski definition) is 0. The molecule has 0 aromatic carbocycles. The second-order valence-corrected chi connectivity index (χ2v) is 4.01. The molecule has 0 spiro atoms. The Balaban J connectivity index is 2.28. The number of allylic oxidation sites excluding steroid dienone is 3. The molecule has 0 heterocycles. The summed E-state index contributed by atoms with van der Waals surface area (Å²) in [4.78, 5) is 0. The molecule has 1 aliphatic rings. The lowest BCUT2D eigenvalue weighted by molar-refractivity contribution is 0.719. The molecule has 1 unspecified atom stereocenters. The van der Waals surface area contributed by atoms with E-state index in [2.05, 4.69) is 25.7 Å². The van der Waals surface area contributed by atoms with E-state index < -0.39 is 0 Å². The molecule has 0 aliphatic heterocycles.